The summed E-state index contributed by atoms with van der Waals surface area (Å²) in [6.45, 7) is 11.5. The molecule has 0 aliphatic heterocycles. The zero-order valence-corrected chi connectivity index (χ0v) is 25.7. The van der Waals surface area contributed by atoms with Gasteiger partial charge in [0, 0.05) is 12.0 Å². The third kappa shape index (κ3) is 9.49. The summed E-state index contributed by atoms with van der Waals surface area (Å²) in [6, 6.07) is 15.7. The zero-order chi connectivity index (χ0) is 28.6. The Morgan fingerprint density at radius 3 is 2.00 bits per heavy atom. The molecule has 0 spiro atoms. The van der Waals surface area contributed by atoms with E-state index < -0.39 is 10.0 Å². The Kier molecular flexibility index (Phi) is 11.2. The summed E-state index contributed by atoms with van der Waals surface area (Å²) >= 11 is 3.15. The molecule has 39 heavy (non-hydrogen) atoms. The van der Waals surface area contributed by atoms with E-state index in [1.807, 2.05) is 101 Å². The fraction of sp³-hybridized carbons (Fsp3) is 0.414. The van der Waals surface area contributed by atoms with Gasteiger partial charge in [-0.3, -0.25) is 4.79 Å². The predicted molar refractivity (Wildman–Crippen MR) is 162 cm³/mol. The van der Waals surface area contributed by atoms with Gasteiger partial charge in [-0.05, 0) is 75.6 Å². The molecule has 1 aliphatic rings. The Hall–Kier alpha value is -2.66. The van der Waals surface area contributed by atoms with Gasteiger partial charge in [-0.1, -0.05) is 38.1 Å². The van der Waals surface area contributed by atoms with Crippen LogP contribution in [-0.2, 0) is 10.0 Å². The van der Waals surface area contributed by atoms with Crippen LogP contribution in [0.3, 0.4) is 0 Å². The van der Waals surface area contributed by atoms with Crippen LogP contribution in [0.1, 0.15) is 64.1 Å². The van der Waals surface area contributed by atoms with Crippen LogP contribution in [0.5, 0.6) is 5.88 Å². The minimum Gasteiger partial charge on any atom is -0.473 e. The number of carbonyl (C=O) groups excluding carboxylic acids is 1. The molecule has 0 radical (unpaired) electrons. The largest absolute Gasteiger partial charge is 0.473 e. The lowest BCUT2D eigenvalue weighted by Gasteiger charge is -2.12. The Labute approximate surface area is 239 Å². The number of nitrogens with one attached hydrogen (secondary N) is 1. The highest BCUT2D eigenvalue weighted by Crippen LogP contribution is 2.32. The van der Waals surface area contributed by atoms with Gasteiger partial charge in [-0.2, -0.15) is 0 Å². The van der Waals surface area contributed by atoms with E-state index in [-0.39, 0.29) is 29.1 Å². The van der Waals surface area contributed by atoms with Crippen molar-refractivity contribution in [3.05, 3.63) is 64.2 Å². The highest BCUT2D eigenvalue weighted by molar-refractivity contribution is 7.90. The number of fused-ring (bicyclic) bond motifs is 1. The second kappa shape index (κ2) is 14.1. The molecule has 10 heteroatoms. The molecule has 1 saturated carbocycles. The molecule has 0 amide bonds. The van der Waals surface area contributed by atoms with Crippen molar-refractivity contribution in [1.82, 2.24) is 14.7 Å². The summed E-state index contributed by atoms with van der Waals surface area (Å²) in [5.74, 6) is 0.977. The van der Waals surface area contributed by atoms with Gasteiger partial charge >= 0.3 is 0 Å². The van der Waals surface area contributed by atoms with Crippen molar-refractivity contribution in [3.63, 3.8) is 0 Å². The Morgan fingerprint density at radius 2 is 1.51 bits per heavy atom. The zero-order valence-electron chi connectivity index (χ0n) is 23.2. The third-order valence-electron chi connectivity index (χ3n) is 5.29. The Bertz CT molecular complexity index is 1430. The average molecular weight is 588 g/mol. The molecule has 210 valence electrons. The van der Waals surface area contributed by atoms with Crippen LogP contribution in [0.15, 0.2) is 59.3 Å². The number of sulfonamides is 1. The van der Waals surface area contributed by atoms with Crippen LogP contribution in [-0.4, -0.2) is 41.6 Å². The number of benzene rings is 1. The lowest BCUT2D eigenvalue weighted by molar-refractivity contribution is 0.0943. The van der Waals surface area contributed by atoms with Crippen molar-refractivity contribution in [2.75, 3.05) is 0 Å². The van der Waals surface area contributed by atoms with Crippen LogP contribution in [0.25, 0.3) is 21.6 Å². The molecule has 1 N–H and O–H groups in total. The number of Topliss-reactive ketones (excluding diaryl/α,β-unsaturated/α-hetero) is 1. The number of aromatic nitrogens is 2. The Balaban J connectivity index is 0.000000178. The van der Waals surface area contributed by atoms with Crippen molar-refractivity contribution >= 4 is 49.5 Å². The lowest BCUT2D eigenvalue weighted by atomic mass is 10.1. The number of hydrogen-bond donors (Lipinski definition) is 1. The number of carbonyl (C=O) groups is 1. The van der Waals surface area contributed by atoms with Gasteiger partial charge in [-0.25, -0.2) is 23.1 Å². The first-order valence-corrected chi connectivity index (χ1v) is 16.3. The number of ketones is 1. The van der Waals surface area contributed by atoms with Crippen LogP contribution in [0.2, 0.25) is 0 Å². The van der Waals surface area contributed by atoms with Gasteiger partial charge in [0.2, 0.25) is 15.9 Å². The number of ether oxygens (including phenoxy) is 1. The van der Waals surface area contributed by atoms with Crippen molar-refractivity contribution in [2.45, 2.75) is 71.8 Å². The number of nitrogens with zero attached hydrogens (tertiary/aromatic N) is 2. The number of hydrogen-bond acceptors (Lipinski definition) is 8. The fourth-order valence-corrected chi connectivity index (χ4v) is 6.49. The standard InChI is InChI=1S/C15H14N2OS.C8H10OS.C6H13NO2S/c1-10(2)18-15-14(13-8-5-9-19-13)16-11-6-3-4-7-12(11)17-15;1-6(2)8(9)7-4-3-5-10-7;1-5(2)7-10(8,9)6-3-4-6/h3-10H,1-2H3;3-6H,1-2H3;5-7H,3-4H2,1-2H3. The van der Waals surface area contributed by atoms with Gasteiger partial charge in [0.05, 0.1) is 32.1 Å². The maximum atomic E-state index is 11.2. The van der Waals surface area contributed by atoms with Crippen LogP contribution in [0, 0.1) is 5.92 Å². The molecule has 0 saturated heterocycles. The molecule has 0 atom stereocenters. The smallest absolute Gasteiger partial charge is 0.242 e. The lowest BCUT2D eigenvalue weighted by Crippen LogP contribution is -2.32. The van der Waals surface area contributed by atoms with Crippen LogP contribution < -0.4 is 9.46 Å². The molecule has 4 aromatic rings. The van der Waals surface area contributed by atoms with E-state index in [9.17, 15) is 13.2 Å². The molecule has 0 unspecified atom stereocenters. The second-order valence-electron chi connectivity index (χ2n) is 10.0. The highest BCUT2D eigenvalue weighted by Gasteiger charge is 2.35. The first kappa shape index (κ1) is 30.9. The summed E-state index contributed by atoms with van der Waals surface area (Å²) in [5, 5.41) is 3.87. The normalized spacial score (nSPS) is 13.2. The van der Waals surface area contributed by atoms with E-state index >= 15 is 0 Å². The van der Waals surface area contributed by atoms with E-state index in [1.165, 1.54) is 11.3 Å². The highest BCUT2D eigenvalue weighted by atomic mass is 32.2. The fourth-order valence-electron chi connectivity index (χ4n) is 3.37. The van der Waals surface area contributed by atoms with Crippen molar-refractivity contribution in [1.29, 1.82) is 0 Å². The topological polar surface area (TPSA) is 98.2 Å². The number of para-hydroxylation sites is 2. The molecule has 1 fully saturated rings. The number of thiophene rings is 2. The van der Waals surface area contributed by atoms with Crippen molar-refractivity contribution in [2.24, 2.45) is 5.92 Å². The first-order chi connectivity index (χ1) is 18.5. The van der Waals surface area contributed by atoms with E-state index in [0.717, 1.165) is 39.3 Å². The third-order valence-corrected chi connectivity index (χ3v) is 9.20. The summed E-state index contributed by atoms with van der Waals surface area (Å²) in [5.41, 5.74) is 2.57. The van der Waals surface area contributed by atoms with Gasteiger partial charge in [0.15, 0.2) is 5.78 Å². The van der Waals surface area contributed by atoms with Crippen LogP contribution >= 0.6 is 22.7 Å². The quantitative estimate of drug-likeness (QED) is 0.219. The molecule has 0 bridgehead atoms. The van der Waals surface area contributed by atoms with Gasteiger partial charge < -0.3 is 4.74 Å². The van der Waals surface area contributed by atoms with E-state index in [4.69, 9.17) is 9.72 Å². The van der Waals surface area contributed by atoms with Crippen molar-refractivity contribution < 1.29 is 17.9 Å². The summed E-state index contributed by atoms with van der Waals surface area (Å²) in [6.07, 6.45) is 1.75. The minimum absolute atomic E-state index is 0.0330. The molecule has 5 rings (SSSR count). The first-order valence-electron chi connectivity index (χ1n) is 13.0. The maximum absolute atomic E-state index is 11.2. The summed E-state index contributed by atoms with van der Waals surface area (Å²) in [7, 11) is -2.94. The SMILES string of the molecule is CC(C)C(=O)c1cccs1.CC(C)NS(=O)(=O)C1CC1.CC(C)Oc1nc2ccccc2nc1-c1cccs1. The summed E-state index contributed by atoms with van der Waals surface area (Å²) < 4.78 is 30.5. The molecule has 1 aliphatic carbocycles. The van der Waals surface area contributed by atoms with Gasteiger partial charge in [0.25, 0.3) is 0 Å². The minimum atomic E-state index is -2.94. The van der Waals surface area contributed by atoms with E-state index in [2.05, 4.69) is 9.71 Å². The molecule has 1 aromatic carbocycles. The molecular weight excluding hydrogens is 551 g/mol. The average Bonchev–Trinajstić information content (AvgIpc) is 3.35. The second-order valence-corrected chi connectivity index (χ2v) is 13.9. The number of rotatable bonds is 8. The molecule has 7 nitrogen and oxygen atoms in total. The van der Waals surface area contributed by atoms with Crippen LogP contribution in [0.4, 0.5) is 0 Å². The monoisotopic (exact) mass is 587 g/mol. The molecule has 3 aromatic heterocycles. The van der Waals surface area contributed by atoms with E-state index in [1.54, 1.807) is 11.3 Å². The van der Waals surface area contributed by atoms with Crippen molar-refractivity contribution in [3.8, 4) is 16.5 Å². The Morgan fingerprint density at radius 1 is 0.897 bits per heavy atom. The van der Waals surface area contributed by atoms with E-state index in [0.29, 0.717) is 5.88 Å². The summed E-state index contributed by atoms with van der Waals surface area (Å²) in [4.78, 5) is 22.5. The molecule has 3 heterocycles. The predicted octanol–water partition coefficient (Wildman–Crippen LogP) is 7.21. The molecular formula is C29H37N3O4S3. The maximum Gasteiger partial charge on any atom is 0.242 e. The van der Waals surface area contributed by atoms with Gasteiger partial charge in [0.1, 0.15) is 5.69 Å². The van der Waals surface area contributed by atoms with Gasteiger partial charge in [-0.15, -0.1) is 22.7 Å².